The van der Waals surface area contributed by atoms with E-state index in [1.165, 1.54) is 12.8 Å². The van der Waals surface area contributed by atoms with Crippen molar-refractivity contribution in [2.45, 2.75) is 59.8 Å². The molecular weight excluding hydrogens is 174 g/mol. The molecule has 1 atom stereocenters. The molecule has 86 valence electrons. The molecule has 0 heterocycles. The van der Waals surface area contributed by atoms with Crippen LogP contribution < -0.4 is 5.73 Å². The number of nitrogens with two attached hydrogens (primary N) is 1. The molecule has 0 saturated carbocycles. The van der Waals surface area contributed by atoms with Gasteiger partial charge in [0.2, 0.25) is 0 Å². The van der Waals surface area contributed by atoms with Crippen molar-refractivity contribution in [1.29, 1.82) is 0 Å². The maximum atomic E-state index is 10.9. The fourth-order valence-electron chi connectivity index (χ4n) is 1.15. The second-order valence-corrected chi connectivity index (χ2v) is 3.65. The summed E-state index contributed by atoms with van der Waals surface area (Å²) >= 11 is 0. The zero-order valence-electron chi connectivity index (χ0n) is 10.3. The molecule has 0 radical (unpaired) electrons. The lowest BCUT2D eigenvalue weighted by molar-refractivity contribution is -0.121. The standard InChI is InChI=1S/C9H18O.C3H9N/c1-4-6-7-9(5-2)8(3)10;1-2-3-4/h9H,4-7H2,1-3H3;2-4H2,1H3. The Kier molecular flexibility index (Phi) is 14.5. The van der Waals surface area contributed by atoms with Gasteiger partial charge in [0, 0.05) is 5.92 Å². The van der Waals surface area contributed by atoms with E-state index in [-0.39, 0.29) is 0 Å². The van der Waals surface area contributed by atoms with E-state index >= 15 is 0 Å². The Labute approximate surface area is 89.3 Å². The minimum absolute atomic E-state index is 0.333. The Morgan fingerprint density at radius 1 is 1.21 bits per heavy atom. The smallest absolute Gasteiger partial charge is 0.132 e. The van der Waals surface area contributed by atoms with Gasteiger partial charge in [0.15, 0.2) is 0 Å². The highest BCUT2D eigenvalue weighted by Gasteiger charge is 2.09. The van der Waals surface area contributed by atoms with Crippen LogP contribution in [0.1, 0.15) is 59.8 Å². The molecule has 0 rings (SSSR count). The van der Waals surface area contributed by atoms with Gasteiger partial charge in [0.25, 0.3) is 0 Å². The first-order valence-corrected chi connectivity index (χ1v) is 5.84. The lowest BCUT2D eigenvalue weighted by Gasteiger charge is -2.08. The van der Waals surface area contributed by atoms with Gasteiger partial charge in [-0.05, 0) is 32.7 Å². The molecule has 2 nitrogen and oxygen atoms in total. The minimum Gasteiger partial charge on any atom is -0.330 e. The molecule has 0 aromatic carbocycles. The molecule has 0 aromatic rings. The van der Waals surface area contributed by atoms with Crippen LogP contribution in [0, 0.1) is 5.92 Å². The van der Waals surface area contributed by atoms with Crippen molar-refractivity contribution in [3.8, 4) is 0 Å². The van der Waals surface area contributed by atoms with Crippen LogP contribution in [-0.2, 0) is 4.79 Å². The monoisotopic (exact) mass is 201 g/mol. The first kappa shape index (κ1) is 16.1. The largest absolute Gasteiger partial charge is 0.330 e. The molecule has 1 unspecified atom stereocenters. The van der Waals surface area contributed by atoms with E-state index in [9.17, 15) is 4.79 Å². The van der Waals surface area contributed by atoms with Gasteiger partial charge in [-0.1, -0.05) is 33.6 Å². The second kappa shape index (κ2) is 12.6. The fraction of sp³-hybridized carbons (Fsp3) is 0.917. The van der Waals surface area contributed by atoms with Crippen LogP contribution in [0.4, 0.5) is 0 Å². The number of ketones is 1. The first-order valence-electron chi connectivity index (χ1n) is 5.84. The SMILES string of the molecule is CCCCC(CC)C(C)=O.CCCN. The van der Waals surface area contributed by atoms with E-state index in [0.29, 0.717) is 11.7 Å². The molecule has 2 heteroatoms. The molecule has 0 aliphatic carbocycles. The predicted octanol–water partition coefficient (Wildman–Crippen LogP) is 3.15. The zero-order chi connectivity index (χ0) is 11.4. The van der Waals surface area contributed by atoms with Gasteiger partial charge in [0.1, 0.15) is 5.78 Å². The van der Waals surface area contributed by atoms with E-state index in [2.05, 4.69) is 20.8 Å². The molecule has 0 aliphatic heterocycles. The Hall–Kier alpha value is -0.370. The second-order valence-electron chi connectivity index (χ2n) is 3.65. The number of hydrogen-bond donors (Lipinski definition) is 1. The van der Waals surface area contributed by atoms with Crippen LogP contribution in [0.25, 0.3) is 0 Å². The highest BCUT2D eigenvalue weighted by molar-refractivity contribution is 5.78. The quantitative estimate of drug-likeness (QED) is 0.717. The van der Waals surface area contributed by atoms with Gasteiger partial charge < -0.3 is 5.73 Å². The third-order valence-corrected chi connectivity index (χ3v) is 2.26. The van der Waals surface area contributed by atoms with E-state index in [1.807, 2.05) is 0 Å². The van der Waals surface area contributed by atoms with Gasteiger partial charge in [-0.3, -0.25) is 4.79 Å². The molecule has 0 fully saturated rings. The minimum atomic E-state index is 0.333. The van der Waals surface area contributed by atoms with Gasteiger partial charge in [-0.15, -0.1) is 0 Å². The van der Waals surface area contributed by atoms with E-state index in [4.69, 9.17) is 5.73 Å². The first-order chi connectivity index (χ1) is 6.63. The normalized spacial score (nSPS) is 11.5. The number of hydrogen-bond acceptors (Lipinski definition) is 2. The van der Waals surface area contributed by atoms with Gasteiger partial charge in [0.05, 0.1) is 0 Å². The molecular formula is C12H27NO. The fourth-order valence-corrected chi connectivity index (χ4v) is 1.15. The Balaban J connectivity index is 0. The Morgan fingerprint density at radius 3 is 1.93 bits per heavy atom. The summed E-state index contributed by atoms with van der Waals surface area (Å²) in [5.74, 6) is 0.691. The van der Waals surface area contributed by atoms with Crippen molar-refractivity contribution in [1.82, 2.24) is 0 Å². The average molecular weight is 201 g/mol. The van der Waals surface area contributed by atoms with Gasteiger partial charge in [-0.25, -0.2) is 0 Å². The molecule has 2 N–H and O–H groups in total. The number of Topliss-reactive ketones (excluding diaryl/α,β-unsaturated/α-hetero) is 1. The predicted molar refractivity (Wildman–Crippen MR) is 63.3 cm³/mol. The third kappa shape index (κ3) is 11.6. The third-order valence-electron chi connectivity index (χ3n) is 2.26. The van der Waals surface area contributed by atoms with Crippen molar-refractivity contribution >= 4 is 5.78 Å². The van der Waals surface area contributed by atoms with Gasteiger partial charge >= 0.3 is 0 Å². The van der Waals surface area contributed by atoms with Crippen molar-refractivity contribution < 1.29 is 4.79 Å². The van der Waals surface area contributed by atoms with E-state index in [1.54, 1.807) is 6.92 Å². The van der Waals surface area contributed by atoms with E-state index < -0.39 is 0 Å². The van der Waals surface area contributed by atoms with Crippen LogP contribution in [-0.4, -0.2) is 12.3 Å². The summed E-state index contributed by atoms with van der Waals surface area (Å²) in [6, 6.07) is 0. The zero-order valence-corrected chi connectivity index (χ0v) is 10.3. The number of unbranched alkanes of at least 4 members (excludes halogenated alkanes) is 1. The number of carbonyl (C=O) groups is 1. The molecule has 0 bridgehead atoms. The maximum Gasteiger partial charge on any atom is 0.132 e. The van der Waals surface area contributed by atoms with Crippen molar-refractivity contribution in [2.75, 3.05) is 6.54 Å². The summed E-state index contributed by atoms with van der Waals surface area (Å²) in [7, 11) is 0. The maximum absolute atomic E-state index is 10.9. The lowest BCUT2D eigenvalue weighted by Crippen LogP contribution is -2.08. The highest BCUT2D eigenvalue weighted by Crippen LogP contribution is 2.12. The highest BCUT2D eigenvalue weighted by atomic mass is 16.1. The molecule has 0 amide bonds. The van der Waals surface area contributed by atoms with E-state index in [0.717, 1.165) is 25.8 Å². The molecule has 0 aromatic heterocycles. The van der Waals surface area contributed by atoms with Crippen molar-refractivity contribution in [3.63, 3.8) is 0 Å². The molecule has 0 spiro atoms. The Bertz CT molecular complexity index is 121. The van der Waals surface area contributed by atoms with Crippen LogP contribution in [0.3, 0.4) is 0 Å². The summed E-state index contributed by atoms with van der Waals surface area (Å²) in [5.41, 5.74) is 5.03. The van der Waals surface area contributed by atoms with Crippen LogP contribution in [0.2, 0.25) is 0 Å². The summed E-state index contributed by atoms with van der Waals surface area (Å²) in [6.45, 7) is 8.82. The van der Waals surface area contributed by atoms with Crippen LogP contribution in [0.5, 0.6) is 0 Å². The van der Waals surface area contributed by atoms with Crippen LogP contribution >= 0.6 is 0 Å². The molecule has 0 saturated heterocycles. The molecule has 14 heavy (non-hydrogen) atoms. The summed E-state index contributed by atoms with van der Waals surface area (Å²) in [5, 5.41) is 0. The average Bonchev–Trinajstić information content (AvgIpc) is 2.19. The van der Waals surface area contributed by atoms with Crippen molar-refractivity contribution in [3.05, 3.63) is 0 Å². The van der Waals surface area contributed by atoms with Crippen LogP contribution in [0.15, 0.2) is 0 Å². The lowest BCUT2D eigenvalue weighted by atomic mass is 9.96. The number of carbonyl (C=O) groups excluding carboxylic acids is 1. The van der Waals surface area contributed by atoms with Gasteiger partial charge in [-0.2, -0.15) is 0 Å². The summed E-state index contributed by atoms with van der Waals surface area (Å²) in [6.07, 6.45) is 5.58. The molecule has 0 aliphatic rings. The van der Waals surface area contributed by atoms with Crippen molar-refractivity contribution in [2.24, 2.45) is 11.7 Å². The summed E-state index contributed by atoms with van der Waals surface area (Å²) in [4.78, 5) is 10.9. The number of rotatable bonds is 6. The Morgan fingerprint density at radius 2 is 1.71 bits per heavy atom. The topological polar surface area (TPSA) is 43.1 Å². The summed E-state index contributed by atoms with van der Waals surface area (Å²) < 4.78 is 0.